The van der Waals surface area contributed by atoms with Crippen LogP contribution in [0.15, 0.2) is 12.3 Å². The summed E-state index contributed by atoms with van der Waals surface area (Å²) in [4.78, 5) is 14.2. The highest BCUT2D eigenvalue weighted by Gasteiger charge is 2.21. The van der Waals surface area contributed by atoms with Crippen LogP contribution >= 0.6 is 0 Å². The van der Waals surface area contributed by atoms with Gasteiger partial charge in [-0.3, -0.25) is 10.1 Å². The molecule has 1 aromatic heterocycles. The Balaban J connectivity index is 3.24. The summed E-state index contributed by atoms with van der Waals surface area (Å²) >= 11 is 0. The summed E-state index contributed by atoms with van der Waals surface area (Å²) in [6, 6.07) is 1.95. The smallest absolute Gasteiger partial charge is 0.334 e. The minimum Gasteiger partial charge on any atom is -0.476 e. The first-order valence-electron chi connectivity index (χ1n) is 4.83. The predicted molar refractivity (Wildman–Crippen MR) is 61.4 cm³/mol. The molecule has 0 bridgehead atoms. The average molecular weight is 233 g/mol. The monoisotopic (exact) mass is 233 g/mol. The Morgan fingerprint density at radius 2 is 2.41 bits per heavy atom. The Morgan fingerprint density at radius 3 is 2.94 bits per heavy atom. The van der Waals surface area contributed by atoms with Crippen LogP contribution in [-0.4, -0.2) is 17.0 Å². The molecule has 0 atom stereocenters. The summed E-state index contributed by atoms with van der Waals surface area (Å²) in [6.07, 6.45) is 4.99. The third-order valence-electron chi connectivity index (χ3n) is 2.19. The van der Waals surface area contributed by atoms with Crippen LogP contribution in [0.5, 0.6) is 5.88 Å². The van der Waals surface area contributed by atoms with Gasteiger partial charge in [-0.25, -0.2) is 4.98 Å². The number of hydrogen-bond acceptors (Lipinski definition) is 5. The van der Waals surface area contributed by atoms with E-state index in [-0.39, 0.29) is 18.0 Å². The molecule has 6 heteroatoms. The number of allylic oxidation sites excluding steroid dienone is 1. The van der Waals surface area contributed by atoms with Crippen LogP contribution in [0.1, 0.15) is 17.5 Å². The average Bonchev–Trinajstić information content (AvgIpc) is 2.30. The Bertz CT molecular complexity index is 503. The highest BCUT2D eigenvalue weighted by atomic mass is 16.6. The second kappa shape index (κ2) is 5.61. The van der Waals surface area contributed by atoms with Gasteiger partial charge in [-0.1, -0.05) is 12.2 Å². The maximum absolute atomic E-state index is 10.9. The van der Waals surface area contributed by atoms with Crippen molar-refractivity contribution in [2.45, 2.75) is 13.3 Å². The minimum absolute atomic E-state index is 0.00932. The maximum atomic E-state index is 10.9. The summed E-state index contributed by atoms with van der Waals surface area (Å²) in [5, 5.41) is 19.3. The SMILES string of the molecule is COc1ncc(C=CCC#N)c(C)c1[N+](=O)[O-]. The van der Waals surface area contributed by atoms with Gasteiger partial charge in [-0.05, 0) is 6.92 Å². The highest BCUT2D eigenvalue weighted by molar-refractivity contribution is 5.62. The number of pyridine rings is 1. The van der Waals surface area contributed by atoms with Crippen LogP contribution in [0, 0.1) is 28.4 Å². The van der Waals surface area contributed by atoms with Crippen molar-refractivity contribution in [3.63, 3.8) is 0 Å². The molecule has 0 aliphatic carbocycles. The normalized spacial score (nSPS) is 10.2. The lowest BCUT2D eigenvalue weighted by atomic mass is 10.1. The van der Waals surface area contributed by atoms with Gasteiger partial charge in [0.25, 0.3) is 5.88 Å². The van der Waals surface area contributed by atoms with Crippen LogP contribution in [0.3, 0.4) is 0 Å². The van der Waals surface area contributed by atoms with Crippen LogP contribution in [0.4, 0.5) is 5.69 Å². The number of aromatic nitrogens is 1. The third-order valence-corrected chi connectivity index (χ3v) is 2.19. The molecule has 1 heterocycles. The fourth-order valence-electron chi connectivity index (χ4n) is 1.35. The standard InChI is InChI=1S/C11H11N3O3/c1-8-9(5-3-4-6-12)7-13-11(17-2)10(8)14(15)16/h3,5,7H,4H2,1-2H3. The second-order valence-electron chi connectivity index (χ2n) is 3.22. The second-order valence-corrected chi connectivity index (χ2v) is 3.22. The minimum atomic E-state index is -0.525. The molecule has 0 aliphatic rings. The summed E-state index contributed by atoms with van der Waals surface area (Å²) in [5.41, 5.74) is 0.926. The zero-order valence-corrected chi connectivity index (χ0v) is 9.51. The number of rotatable bonds is 4. The molecule has 0 spiro atoms. The molecule has 88 valence electrons. The van der Waals surface area contributed by atoms with Crippen LogP contribution in [-0.2, 0) is 0 Å². The number of nitriles is 1. The fourth-order valence-corrected chi connectivity index (χ4v) is 1.35. The van der Waals surface area contributed by atoms with E-state index in [2.05, 4.69) is 4.98 Å². The van der Waals surface area contributed by atoms with Crippen LogP contribution in [0.2, 0.25) is 0 Å². The third kappa shape index (κ3) is 2.78. The van der Waals surface area contributed by atoms with E-state index < -0.39 is 4.92 Å². The Morgan fingerprint density at radius 1 is 1.71 bits per heavy atom. The molecule has 0 N–H and O–H groups in total. The van der Waals surface area contributed by atoms with E-state index in [1.165, 1.54) is 13.3 Å². The van der Waals surface area contributed by atoms with E-state index in [9.17, 15) is 10.1 Å². The quantitative estimate of drug-likeness (QED) is 0.587. The van der Waals surface area contributed by atoms with Crippen LogP contribution in [0.25, 0.3) is 6.08 Å². The molecule has 0 fully saturated rings. The van der Waals surface area contributed by atoms with Gasteiger partial charge in [-0.2, -0.15) is 5.26 Å². The first kappa shape index (κ1) is 12.6. The lowest BCUT2D eigenvalue weighted by Crippen LogP contribution is -2.00. The fraction of sp³-hybridized carbons (Fsp3) is 0.273. The zero-order valence-electron chi connectivity index (χ0n) is 9.51. The van der Waals surface area contributed by atoms with E-state index in [4.69, 9.17) is 10.00 Å². The number of nitrogens with zero attached hydrogens (tertiary/aromatic N) is 3. The molecule has 1 rings (SSSR count). The Labute approximate surface area is 98.3 Å². The van der Waals surface area contributed by atoms with Crippen molar-refractivity contribution >= 4 is 11.8 Å². The van der Waals surface area contributed by atoms with E-state index in [0.29, 0.717) is 11.1 Å². The molecule has 0 aromatic carbocycles. The Kier molecular flexibility index (Phi) is 4.17. The van der Waals surface area contributed by atoms with Crippen molar-refractivity contribution in [2.24, 2.45) is 0 Å². The lowest BCUT2D eigenvalue weighted by Gasteiger charge is -2.05. The largest absolute Gasteiger partial charge is 0.476 e. The molecular formula is C11H11N3O3. The number of methoxy groups -OCH3 is 1. The Hall–Kier alpha value is -2.42. The van der Waals surface area contributed by atoms with Gasteiger partial charge in [0.15, 0.2) is 0 Å². The van der Waals surface area contributed by atoms with Gasteiger partial charge in [0.1, 0.15) is 0 Å². The number of ether oxygens (including phenoxy) is 1. The van der Waals surface area contributed by atoms with Gasteiger partial charge >= 0.3 is 5.69 Å². The summed E-state index contributed by atoms with van der Waals surface area (Å²) in [6.45, 7) is 1.62. The maximum Gasteiger partial charge on any atom is 0.334 e. The first-order chi connectivity index (χ1) is 8.11. The molecule has 6 nitrogen and oxygen atoms in total. The number of hydrogen-bond donors (Lipinski definition) is 0. The van der Waals surface area contributed by atoms with E-state index in [1.54, 1.807) is 19.1 Å². The molecule has 0 unspecified atom stereocenters. The van der Waals surface area contributed by atoms with E-state index >= 15 is 0 Å². The van der Waals surface area contributed by atoms with Gasteiger partial charge in [-0.15, -0.1) is 0 Å². The molecule has 17 heavy (non-hydrogen) atoms. The molecule has 1 aromatic rings. The van der Waals surface area contributed by atoms with Crippen molar-refractivity contribution in [1.29, 1.82) is 5.26 Å². The number of nitro groups is 1. The summed E-state index contributed by atoms with van der Waals surface area (Å²) < 4.78 is 4.84. The van der Waals surface area contributed by atoms with Gasteiger partial charge < -0.3 is 4.74 Å². The van der Waals surface area contributed by atoms with E-state index in [1.807, 2.05) is 6.07 Å². The van der Waals surface area contributed by atoms with Crippen molar-refractivity contribution in [3.8, 4) is 11.9 Å². The molecule has 0 amide bonds. The van der Waals surface area contributed by atoms with Gasteiger partial charge in [0.2, 0.25) is 0 Å². The summed E-state index contributed by atoms with van der Waals surface area (Å²) in [7, 11) is 1.33. The van der Waals surface area contributed by atoms with E-state index in [0.717, 1.165) is 0 Å². The van der Waals surface area contributed by atoms with Crippen molar-refractivity contribution in [3.05, 3.63) is 33.5 Å². The highest BCUT2D eigenvalue weighted by Crippen LogP contribution is 2.30. The predicted octanol–water partition coefficient (Wildman–Crippen LogP) is 2.23. The van der Waals surface area contributed by atoms with Crippen molar-refractivity contribution in [2.75, 3.05) is 7.11 Å². The molecular weight excluding hydrogens is 222 g/mol. The van der Waals surface area contributed by atoms with Crippen molar-refractivity contribution < 1.29 is 9.66 Å². The van der Waals surface area contributed by atoms with Gasteiger partial charge in [0, 0.05) is 17.3 Å². The summed E-state index contributed by atoms with van der Waals surface area (Å²) in [5.74, 6) is -0.00932. The van der Waals surface area contributed by atoms with Crippen molar-refractivity contribution in [1.82, 2.24) is 4.98 Å². The molecule has 0 radical (unpaired) electrons. The molecule has 0 saturated heterocycles. The topological polar surface area (TPSA) is 89.0 Å². The molecule has 0 aliphatic heterocycles. The van der Waals surface area contributed by atoms with Gasteiger partial charge in [0.05, 0.1) is 24.5 Å². The lowest BCUT2D eigenvalue weighted by molar-refractivity contribution is -0.386. The zero-order chi connectivity index (χ0) is 12.8. The van der Waals surface area contributed by atoms with Crippen LogP contribution < -0.4 is 4.74 Å². The molecule has 0 saturated carbocycles. The first-order valence-corrected chi connectivity index (χ1v) is 4.83.